The largest absolute Gasteiger partial charge is 0.393 e. The summed E-state index contributed by atoms with van der Waals surface area (Å²) in [6.07, 6.45) is 1.11. The van der Waals surface area contributed by atoms with Gasteiger partial charge in [0.05, 0.1) is 18.4 Å². The number of aliphatic hydroxyl groups is 1. The van der Waals surface area contributed by atoms with Crippen LogP contribution in [0.15, 0.2) is 42.5 Å². The Morgan fingerprint density at radius 1 is 1.18 bits per heavy atom. The quantitative estimate of drug-likeness (QED) is 0.827. The van der Waals surface area contributed by atoms with Crippen molar-refractivity contribution in [2.75, 3.05) is 16.8 Å². The lowest BCUT2D eigenvalue weighted by atomic mass is 9.93. The number of aliphatic hydroxyl groups excluding tert-OH is 1. The molecule has 0 spiro atoms. The number of rotatable bonds is 5. The first kappa shape index (κ1) is 20.0. The maximum atomic E-state index is 13.0. The van der Waals surface area contributed by atoms with E-state index < -0.39 is 6.10 Å². The van der Waals surface area contributed by atoms with E-state index in [9.17, 15) is 19.1 Å². The van der Waals surface area contributed by atoms with Gasteiger partial charge in [-0.05, 0) is 68.1 Å². The van der Waals surface area contributed by atoms with Crippen molar-refractivity contribution in [2.24, 2.45) is 0 Å². The number of halogens is 1. The third-order valence-corrected chi connectivity index (χ3v) is 5.00. The third kappa shape index (κ3) is 4.57. The normalized spacial score (nSPS) is 15.5. The minimum Gasteiger partial charge on any atom is -0.393 e. The molecule has 0 fully saturated rings. The average Bonchev–Trinajstić information content (AvgIpc) is 2.67. The highest BCUT2D eigenvalue weighted by atomic mass is 19.1. The van der Waals surface area contributed by atoms with E-state index in [0.29, 0.717) is 12.2 Å². The molecular formula is C22H25FN2O3. The summed E-state index contributed by atoms with van der Waals surface area (Å²) in [5, 5.41) is 12.3. The summed E-state index contributed by atoms with van der Waals surface area (Å²) in [5.74, 6) is -1.01. The SMILES string of the molecule is CC(O)CC(=O)N1CCCc2cc(C(C)C(=O)Nc3ccc(F)cc3)ccc21. The van der Waals surface area contributed by atoms with Crippen molar-refractivity contribution >= 4 is 23.2 Å². The standard InChI is InChI=1S/C22H25FN2O3/c1-14(26)12-21(27)25-11-3-4-17-13-16(5-10-20(17)25)15(2)22(28)24-19-8-6-18(23)7-9-19/h5-10,13-15,26H,3-4,11-12H2,1-2H3,(H,24,28). The molecular weight excluding hydrogens is 359 g/mol. The third-order valence-electron chi connectivity index (χ3n) is 5.00. The van der Waals surface area contributed by atoms with E-state index >= 15 is 0 Å². The van der Waals surface area contributed by atoms with Crippen molar-refractivity contribution in [1.82, 2.24) is 0 Å². The second-order valence-electron chi connectivity index (χ2n) is 7.31. The molecule has 148 valence electrons. The number of hydrogen-bond donors (Lipinski definition) is 2. The zero-order chi connectivity index (χ0) is 20.3. The summed E-state index contributed by atoms with van der Waals surface area (Å²) in [6.45, 7) is 4.06. The number of hydrogen-bond acceptors (Lipinski definition) is 3. The predicted octanol–water partition coefficient (Wildman–Crippen LogP) is 3.62. The van der Waals surface area contributed by atoms with Crippen molar-refractivity contribution < 1.29 is 19.1 Å². The number of fused-ring (bicyclic) bond motifs is 1. The summed E-state index contributed by atoms with van der Waals surface area (Å²) in [7, 11) is 0. The maximum Gasteiger partial charge on any atom is 0.231 e. The molecule has 0 bridgehead atoms. The molecule has 2 aromatic carbocycles. The number of amides is 2. The molecule has 0 aliphatic carbocycles. The molecule has 2 atom stereocenters. The van der Waals surface area contributed by atoms with Crippen molar-refractivity contribution in [3.63, 3.8) is 0 Å². The molecule has 2 aromatic rings. The molecule has 2 unspecified atom stereocenters. The van der Waals surface area contributed by atoms with Crippen LogP contribution in [0.1, 0.15) is 43.7 Å². The van der Waals surface area contributed by atoms with Gasteiger partial charge in [-0.2, -0.15) is 0 Å². The van der Waals surface area contributed by atoms with Crippen LogP contribution in [0.2, 0.25) is 0 Å². The molecule has 0 saturated heterocycles. The molecule has 2 N–H and O–H groups in total. The van der Waals surface area contributed by atoms with Crippen LogP contribution in [0.4, 0.5) is 15.8 Å². The van der Waals surface area contributed by atoms with Gasteiger partial charge in [0, 0.05) is 17.9 Å². The van der Waals surface area contributed by atoms with Crippen LogP contribution in [-0.4, -0.2) is 29.6 Å². The molecule has 5 nitrogen and oxygen atoms in total. The summed E-state index contributed by atoms with van der Waals surface area (Å²) < 4.78 is 13.0. The van der Waals surface area contributed by atoms with Crippen LogP contribution in [0.3, 0.4) is 0 Å². The lowest BCUT2D eigenvalue weighted by Gasteiger charge is -2.30. The lowest BCUT2D eigenvalue weighted by Crippen LogP contribution is -2.37. The number of aryl methyl sites for hydroxylation is 1. The van der Waals surface area contributed by atoms with E-state index in [0.717, 1.165) is 29.7 Å². The van der Waals surface area contributed by atoms with Crippen LogP contribution in [0, 0.1) is 5.82 Å². The van der Waals surface area contributed by atoms with Crippen LogP contribution >= 0.6 is 0 Å². The molecule has 1 aliphatic heterocycles. The highest BCUT2D eigenvalue weighted by Gasteiger charge is 2.25. The highest BCUT2D eigenvalue weighted by Crippen LogP contribution is 2.31. The van der Waals surface area contributed by atoms with E-state index in [1.807, 2.05) is 25.1 Å². The zero-order valence-electron chi connectivity index (χ0n) is 16.1. The van der Waals surface area contributed by atoms with E-state index in [4.69, 9.17) is 0 Å². The fourth-order valence-corrected chi connectivity index (χ4v) is 3.44. The van der Waals surface area contributed by atoms with Gasteiger partial charge in [-0.3, -0.25) is 9.59 Å². The Bertz CT molecular complexity index is 865. The average molecular weight is 384 g/mol. The van der Waals surface area contributed by atoms with Gasteiger partial charge in [-0.15, -0.1) is 0 Å². The van der Waals surface area contributed by atoms with Crippen molar-refractivity contribution in [3.8, 4) is 0 Å². The first-order valence-electron chi connectivity index (χ1n) is 9.53. The summed E-state index contributed by atoms with van der Waals surface area (Å²) >= 11 is 0. The van der Waals surface area contributed by atoms with Crippen LogP contribution in [0.5, 0.6) is 0 Å². The molecule has 28 heavy (non-hydrogen) atoms. The molecule has 1 heterocycles. The Labute approximate surface area is 164 Å². The minimum absolute atomic E-state index is 0.0919. The van der Waals surface area contributed by atoms with Crippen molar-refractivity contribution in [1.29, 1.82) is 0 Å². The minimum atomic E-state index is -0.674. The molecule has 0 saturated carbocycles. The number of anilines is 2. The van der Waals surface area contributed by atoms with E-state index in [-0.39, 0.29) is 30.0 Å². The number of nitrogens with one attached hydrogen (secondary N) is 1. The Kier molecular flexibility index (Phi) is 6.09. The Hall–Kier alpha value is -2.73. The molecule has 1 aliphatic rings. The summed E-state index contributed by atoms with van der Waals surface area (Å²) in [5.41, 5.74) is 3.30. The number of benzene rings is 2. The van der Waals surface area contributed by atoms with Gasteiger partial charge >= 0.3 is 0 Å². The topological polar surface area (TPSA) is 69.6 Å². The molecule has 3 rings (SSSR count). The second kappa shape index (κ2) is 8.52. The maximum absolute atomic E-state index is 13.0. The fraction of sp³-hybridized carbons (Fsp3) is 0.364. The predicted molar refractivity (Wildman–Crippen MR) is 107 cm³/mol. The number of nitrogens with zero attached hydrogens (tertiary/aromatic N) is 1. The van der Waals surface area contributed by atoms with Gasteiger partial charge in [-0.1, -0.05) is 12.1 Å². The first-order valence-corrected chi connectivity index (χ1v) is 9.53. The van der Waals surface area contributed by atoms with E-state index in [1.165, 1.54) is 24.3 Å². The van der Waals surface area contributed by atoms with Gasteiger partial charge in [0.1, 0.15) is 5.82 Å². The zero-order valence-corrected chi connectivity index (χ0v) is 16.1. The monoisotopic (exact) mass is 384 g/mol. The van der Waals surface area contributed by atoms with Gasteiger partial charge in [0.2, 0.25) is 11.8 Å². The van der Waals surface area contributed by atoms with Gasteiger partial charge in [-0.25, -0.2) is 4.39 Å². The van der Waals surface area contributed by atoms with Gasteiger partial charge in [0.15, 0.2) is 0 Å². The summed E-state index contributed by atoms with van der Waals surface area (Å²) in [6, 6.07) is 11.4. The molecule has 2 amide bonds. The van der Waals surface area contributed by atoms with Crippen LogP contribution < -0.4 is 10.2 Å². The molecule has 0 aromatic heterocycles. The van der Waals surface area contributed by atoms with Crippen molar-refractivity contribution in [3.05, 3.63) is 59.4 Å². The Balaban J connectivity index is 1.75. The molecule has 0 radical (unpaired) electrons. The van der Waals surface area contributed by atoms with Crippen molar-refractivity contribution in [2.45, 2.75) is 45.1 Å². The fourth-order valence-electron chi connectivity index (χ4n) is 3.44. The lowest BCUT2D eigenvalue weighted by molar-refractivity contribution is -0.120. The van der Waals surface area contributed by atoms with Gasteiger partial charge in [0.25, 0.3) is 0 Å². The smallest absolute Gasteiger partial charge is 0.231 e. The summed E-state index contributed by atoms with van der Waals surface area (Å²) in [4.78, 5) is 26.7. The highest BCUT2D eigenvalue weighted by molar-refractivity contribution is 5.97. The van der Waals surface area contributed by atoms with E-state index in [1.54, 1.807) is 11.8 Å². The molecule has 6 heteroatoms. The Morgan fingerprint density at radius 2 is 1.89 bits per heavy atom. The Morgan fingerprint density at radius 3 is 2.57 bits per heavy atom. The second-order valence-corrected chi connectivity index (χ2v) is 7.31. The number of carbonyl (C=O) groups is 2. The first-order chi connectivity index (χ1) is 13.3. The van der Waals surface area contributed by atoms with Gasteiger partial charge < -0.3 is 15.3 Å². The van der Waals surface area contributed by atoms with E-state index in [2.05, 4.69) is 5.32 Å². The number of carbonyl (C=O) groups excluding carboxylic acids is 2. The van der Waals surface area contributed by atoms with Crippen LogP contribution in [0.25, 0.3) is 0 Å². The van der Waals surface area contributed by atoms with Crippen LogP contribution in [-0.2, 0) is 16.0 Å².